The second kappa shape index (κ2) is 8.25. The molecule has 5 nitrogen and oxygen atoms in total. The first-order valence-corrected chi connectivity index (χ1v) is 9.20. The van der Waals surface area contributed by atoms with Gasteiger partial charge in [-0.1, -0.05) is 27.7 Å². The zero-order valence-electron chi connectivity index (χ0n) is 15.2. The molecule has 2 heterocycles. The highest BCUT2D eigenvalue weighted by Gasteiger charge is 2.35. The second-order valence-electron chi connectivity index (χ2n) is 7.60. The van der Waals surface area contributed by atoms with Gasteiger partial charge in [0, 0.05) is 50.1 Å². The minimum atomic E-state index is 0.0660. The molecule has 0 aliphatic carbocycles. The van der Waals surface area contributed by atoms with E-state index in [0.717, 1.165) is 45.4 Å². The fourth-order valence-electron chi connectivity index (χ4n) is 3.28. The van der Waals surface area contributed by atoms with Crippen molar-refractivity contribution < 1.29 is 9.59 Å². The first-order chi connectivity index (χ1) is 10.9. The van der Waals surface area contributed by atoms with E-state index in [2.05, 4.69) is 22.0 Å². The van der Waals surface area contributed by atoms with Crippen molar-refractivity contribution in [1.29, 1.82) is 0 Å². The van der Waals surface area contributed by atoms with Gasteiger partial charge in [0.2, 0.25) is 5.91 Å². The molecule has 23 heavy (non-hydrogen) atoms. The molecule has 1 unspecified atom stereocenters. The van der Waals surface area contributed by atoms with E-state index < -0.39 is 0 Å². The number of hydrogen-bond donors (Lipinski definition) is 1. The Balaban J connectivity index is 1.64. The van der Waals surface area contributed by atoms with Crippen LogP contribution in [-0.4, -0.2) is 66.3 Å². The first-order valence-electron chi connectivity index (χ1n) is 9.20. The van der Waals surface area contributed by atoms with E-state index in [9.17, 15) is 9.59 Å². The number of ketones is 1. The third kappa shape index (κ3) is 5.01. The quantitative estimate of drug-likeness (QED) is 0.772. The van der Waals surface area contributed by atoms with Gasteiger partial charge in [-0.2, -0.15) is 0 Å². The Kier molecular flexibility index (Phi) is 6.60. The minimum absolute atomic E-state index is 0.0660. The Morgan fingerprint density at radius 2 is 1.74 bits per heavy atom. The summed E-state index contributed by atoms with van der Waals surface area (Å²) < 4.78 is 0. The molecule has 1 N–H and O–H groups in total. The number of likely N-dealkylation sites (tertiary alicyclic amines) is 2. The molecule has 0 aromatic carbocycles. The summed E-state index contributed by atoms with van der Waals surface area (Å²) in [5.74, 6) is 0.800. The molecular formula is C18H33N3O2. The molecule has 0 aromatic rings. The van der Waals surface area contributed by atoms with Gasteiger partial charge in [0.25, 0.3) is 0 Å². The van der Waals surface area contributed by atoms with Gasteiger partial charge >= 0.3 is 0 Å². The molecule has 0 radical (unpaired) electrons. The summed E-state index contributed by atoms with van der Waals surface area (Å²) in [7, 11) is 0. The lowest BCUT2D eigenvalue weighted by Gasteiger charge is -2.47. The van der Waals surface area contributed by atoms with Crippen LogP contribution in [0, 0.1) is 11.8 Å². The van der Waals surface area contributed by atoms with Crippen LogP contribution >= 0.6 is 0 Å². The average molecular weight is 323 g/mol. The number of nitrogens with one attached hydrogen (secondary N) is 1. The van der Waals surface area contributed by atoms with Gasteiger partial charge in [-0.15, -0.1) is 0 Å². The molecule has 2 aliphatic rings. The van der Waals surface area contributed by atoms with Crippen molar-refractivity contribution in [3.63, 3.8) is 0 Å². The van der Waals surface area contributed by atoms with E-state index in [1.165, 1.54) is 0 Å². The normalized spacial score (nSPS) is 22.8. The maximum atomic E-state index is 12.0. The number of hydrogen-bond acceptors (Lipinski definition) is 4. The predicted octanol–water partition coefficient (Wildman–Crippen LogP) is 1.52. The van der Waals surface area contributed by atoms with Crippen LogP contribution < -0.4 is 5.32 Å². The standard InChI is InChI=1S/C18H33N3O2/c1-5-14(4)17(22)12-20-10-16(11-20)21-8-6-15(7-9-21)19-18(23)13(2)3/h13-16H,5-12H2,1-4H3,(H,19,23). The monoisotopic (exact) mass is 323 g/mol. The van der Waals surface area contributed by atoms with Gasteiger partial charge in [0.15, 0.2) is 0 Å². The maximum absolute atomic E-state index is 12.0. The van der Waals surface area contributed by atoms with Crippen LogP contribution in [0.3, 0.4) is 0 Å². The number of piperidine rings is 1. The lowest BCUT2D eigenvalue weighted by atomic mass is 9.97. The van der Waals surface area contributed by atoms with Crippen molar-refractivity contribution in [2.24, 2.45) is 11.8 Å². The molecule has 2 rings (SSSR count). The van der Waals surface area contributed by atoms with E-state index in [1.54, 1.807) is 0 Å². The van der Waals surface area contributed by atoms with E-state index in [1.807, 2.05) is 20.8 Å². The van der Waals surface area contributed by atoms with Crippen molar-refractivity contribution >= 4 is 11.7 Å². The molecule has 132 valence electrons. The number of rotatable bonds is 7. The van der Waals surface area contributed by atoms with Crippen molar-refractivity contribution in [2.45, 2.75) is 59.0 Å². The van der Waals surface area contributed by atoms with Gasteiger partial charge in [-0.05, 0) is 19.3 Å². The topological polar surface area (TPSA) is 52.7 Å². The van der Waals surface area contributed by atoms with Crippen molar-refractivity contribution in [3.8, 4) is 0 Å². The predicted molar refractivity (Wildman–Crippen MR) is 92.3 cm³/mol. The van der Waals surface area contributed by atoms with Crippen molar-refractivity contribution in [3.05, 3.63) is 0 Å². The van der Waals surface area contributed by atoms with E-state index in [4.69, 9.17) is 0 Å². The molecule has 1 amide bonds. The molecule has 2 fully saturated rings. The largest absolute Gasteiger partial charge is 0.353 e. The Bertz CT molecular complexity index is 410. The van der Waals surface area contributed by atoms with Crippen LogP contribution in [0.1, 0.15) is 47.0 Å². The SMILES string of the molecule is CCC(C)C(=O)CN1CC(N2CCC(NC(=O)C(C)C)CC2)C1. The molecular weight excluding hydrogens is 290 g/mol. The maximum Gasteiger partial charge on any atom is 0.222 e. The number of Topliss-reactive ketones (excluding diaryl/α,β-unsaturated/α-hetero) is 1. The van der Waals surface area contributed by atoms with Crippen LogP contribution in [0.15, 0.2) is 0 Å². The summed E-state index contributed by atoms with van der Waals surface area (Å²) in [6, 6.07) is 0.936. The lowest BCUT2D eigenvalue weighted by molar-refractivity contribution is -0.125. The summed E-state index contributed by atoms with van der Waals surface area (Å²) >= 11 is 0. The van der Waals surface area contributed by atoms with E-state index in [0.29, 0.717) is 24.4 Å². The summed E-state index contributed by atoms with van der Waals surface area (Å²) in [6.07, 6.45) is 3.02. The van der Waals surface area contributed by atoms with Crippen LogP contribution in [0.2, 0.25) is 0 Å². The molecule has 5 heteroatoms. The molecule has 1 atom stereocenters. The molecule has 0 bridgehead atoms. The van der Waals surface area contributed by atoms with Gasteiger partial charge in [0.1, 0.15) is 5.78 Å². The summed E-state index contributed by atoms with van der Waals surface area (Å²) in [6.45, 7) is 12.7. The fraction of sp³-hybridized carbons (Fsp3) is 0.889. The number of nitrogens with zero attached hydrogens (tertiary/aromatic N) is 2. The highest BCUT2D eigenvalue weighted by atomic mass is 16.2. The van der Waals surface area contributed by atoms with E-state index >= 15 is 0 Å². The summed E-state index contributed by atoms with van der Waals surface area (Å²) in [4.78, 5) is 28.5. The second-order valence-corrected chi connectivity index (χ2v) is 7.60. The molecule has 0 spiro atoms. The van der Waals surface area contributed by atoms with Gasteiger partial charge in [-0.25, -0.2) is 0 Å². The Morgan fingerprint density at radius 3 is 2.26 bits per heavy atom. The highest BCUT2D eigenvalue weighted by Crippen LogP contribution is 2.21. The van der Waals surface area contributed by atoms with Crippen molar-refractivity contribution in [1.82, 2.24) is 15.1 Å². The van der Waals surface area contributed by atoms with Crippen LogP contribution in [0.4, 0.5) is 0 Å². The third-order valence-electron chi connectivity index (χ3n) is 5.40. The van der Waals surface area contributed by atoms with Gasteiger partial charge < -0.3 is 5.32 Å². The molecule has 0 aromatic heterocycles. The average Bonchev–Trinajstić information content (AvgIpc) is 2.50. The first kappa shape index (κ1) is 18.4. The molecule has 2 saturated heterocycles. The van der Waals surface area contributed by atoms with Gasteiger partial charge in [0.05, 0.1) is 6.54 Å². The zero-order chi connectivity index (χ0) is 17.0. The Hall–Kier alpha value is -0.940. The zero-order valence-corrected chi connectivity index (χ0v) is 15.2. The summed E-state index contributed by atoms with van der Waals surface area (Å²) in [5, 5.41) is 3.15. The third-order valence-corrected chi connectivity index (χ3v) is 5.40. The lowest BCUT2D eigenvalue weighted by Crippen LogP contribution is -2.62. The van der Waals surface area contributed by atoms with Crippen LogP contribution in [-0.2, 0) is 9.59 Å². The number of carbonyl (C=O) groups is 2. The van der Waals surface area contributed by atoms with Crippen LogP contribution in [0.5, 0.6) is 0 Å². The molecule has 2 aliphatic heterocycles. The fourth-order valence-corrected chi connectivity index (χ4v) is 3.28. The number of carbonyl (C=O) groups excluding carboxylic acids is 2. The van der Waals surface area contributed by atoms with Crippen molar-refractivity contribution in [2.75, 3.05) is 32.7 Å². The van der Waals surface area contributed by atoms with E-state index in [-0.39, 0.29) is 17.7 Å². The van der Waals surface area contributed by atoms with Gasteiger partial charge in [-0.3, -0.25) is 19.4 Å². The number of amides is 1. The Labute approximate surface area is 140 Å². The molecule has 0 saturated carbocycles. The van der Waals surface area contributed by atoms with Crippen LogP contribution in [0.25, 0.3) is 0 Å². The smallest absolute Gasteiger partial charge is 0.222 e. The Morgan fingerprint density at radius 1 is 1.13 bits per heavy atom. The summed E-state index contributed by atoms with van der Waals surface area (Å²) in [5.41, 5.74) is 0. The minimum Gasteiger partial charge on any atom is -0.353 e. The highest BCUT2D eigenvalue weighted by molar-refractivity contribution is 5.82.